The Kier molecular flexibility index (Phi) is 9.91. The summed E-state index contributed by atoms with van der Waals surface area (Å²) in [5, 5.41) is 3.05. The molecule has 10 heteroatoms. The molecule has 1 fully saturated rings. The normalized spacial score (nSPS) is 15.0. The van der Waals surface area contributed by atoms with Gasteiger partial charge >= 0.3 is 0 Å². The summed E-state index contributed by atoms with van der Waals surface area (Å²) in [7, 11) is -3.88. The number of sulfonamides is 1. The van der Waals surface area contributed by atoms with Crippen LogP contribution in [-0.2, 0) is 26.2 Å². The zero-order chi connectivity index (χ0) is 27.0. The number of rotatable bonds is 11. The van der Waals surface area contributed by atoms with Crippen molar-refractivity contribution in [2.45, 2.75) is 64.6 Å². The molecule has 3 rings (SSSR count). The molecule has 37 heavy (non-hydrogen) atoms. The Morgan fingerprint density at radius 3 is 2.35 bits per heavy atom. The Labute approximate surface area is 218 Å². The summed E-state index contributed by atoms with van der Waals surface area (Å²) in [6.45, 7) is 3.22. The Morgan fingerprint density at radius 1 is 1.08 bits per heavy atom. The third-order valence-corrected chi connectivity index (χ3v) is 7.62. The van der Waals surface area contributed by atoms with E-state index in [1.807, 2.05) is 0 Å². The number of halogens is 1. The van der Waals surface area contributed by atoms with E-state index in [1.165, 1.54) is 17.0 Å². The third kappa shape index (κ3) is 7.92. The van der Waals surface area contributed by atoms with E-state index in [9.17, 15) is 22.4 Å². The van der Waals surface area contributed by atoms with E-state index >= 15 is 0 Å². The molecule has 2 aromatic carbocycles. The van der Waals surface area contributed by atoms with Crippen LogP contribution in [-0.4, -0.2) is 56.6 Å². The van der Waals surface area contributed by atoms with Crippen LogP contribution in [0.1, 0.15) is 51.5 Å². The number of para-hydroxylation sites is 2. The number of nitrogens with one attached hydrogen (secondary N) is 1. The van der Waals surface area contributed by atoms with Crippen molar-refractivity contribution in [1.82, 2.24) is 10.2 Å². The number of anilines is 1. The van der Waals surface area contributed by atoms with E-state index in [-0.39, 0.29) is 24.2 Å². The highest BCUT2D eigenvalue weighted by atomic mass is 32.2. The van der Waals surface area contributed by atoms with E-state index in [2.05, 4.69) is 5.32 Å². The van der Waals surface area contributed by atoms with Gasteiger partial charge in [-0.2, -0.15) is 0 Å². The highest BCUT2D eigenvalue weighted by Gasteiger charge is 2.32. The number of benzene rings is 2. The smallest absolute Gasteiger partial charge is 0.244 e. The first-order chi connectivity index (χ1) is 17.6. The first-order valence-corrected chi connectivity index (χ1v) is 14.5. The highest BCUT2D eigenvalue weighted by molar-refractivity contribution is 7.92. The van der Waals surface area contributed by atoms with Crippen molar-refractivity contribution >= 4 is 27.5 Å². The third-order valence-electron chi connectivity index (χ3n) is 6.50. The zero-order valence-electron chi connectivity index (χ0n) is 21.7. The highest BCUT2D eigenvalue weighted by Crippen LogP contribution is 2.30. The molecule has 0 bridgehead atoms. The maximum atomic E-state index is 13.7. The first kappa shape index (κ1) is 28.4. The average molecular weight is 534 g/mol. The topological polar surface area (TPSA) is 96.0 Å². The average Bonchev–Trinajstić information content (AvgIpc) is 2.87. The number of ether oxygens (including phenoxy) is 1. The van der Waals surface area contributed by atoms with Gasteiger partial charge in [-0.1, -0.05) is 43.5 Å². The Bertz CT molecular complexity index is 1170. The summed E-state index contributed by atoms with van der Waals surface area (Å²) >= 11 is 0. The second-order valence-corrected chi connectivity index (χ2v) is 11.2. The molecule has 0 radical (unpaired) electrons. The summed E-state index contributed by atoms with van der Waals surface area (Å²) in [5.74, 6) is -0.952. The van der Waals surface area contributed by atoms with E-state index < -0.39 is 34.3 Å². The molecule has 1 aliphatic carbocycles. The minimum atomic E-state index is -3.88. The molecule has 0 aliphatic heterocycles. The van der Waals surface area contributed by atoms with Gasteiger partial charge in [-0.05, 0) is 56.5 Å². The molecule has 0 aromatic heterocycles. The van der Waals surface area contributed by atoms with Crippen molar-refractivity contribution in [3.63, 3.8) is 0 Å². The van der Waals surface area contributed by atoms with Gasteiger partial charge in [-0.15, -0.1) is 0 Å². The van der Waals surface area contributed by atoms with Crippen molar-refractivity contribution in [2.75, 3.05) is 23.7 Å². The van der Waals surface area contributed by atoms with Crippen LogP contribution in [0, 0.1) is 5.82 Å². The molecule has 1 aliphatic rings. The van der Waals surface area contributed by atoms with E-state index in [0.29, 0.717) is 17.9 Å². The van der Waals surface area contributed by atoms with Gasteiger partial charge in [0, 0.05) is 12.6 Å². The van der Waals surface area contributed by atoms with Crippen molar-refractivity contribution in [3.05, 3.63) is 59.9 Å². The van der Waals surface area contributed by atoms with E-state index in [0.717, 1.165) is 42.7 Å². The van der Waals surface area contributed by atoms with Crippen molar-refractivity contribution in [3.8, 4) is 5.75 Å². The fourth-order valence-corrected chi connectivity index (χ4v) is 5.33. The lowest BCUT2D eigenvalue weighted by atomic mass is 9.95. The second-order valence-electron chi connectivity index (χ2n) is 9.34. The van der Waals surface area contributed by atoms with Crippen LogP contribution in [0.25, 0.3) is 0 Å². The Morgan fingerprint density at radius 2 is 1.73 bits per heavy atom. The first-order valence-electron chi connectivity index (χ1n) is 12.6. The molecule has 1 saturated carbocycles. The fourth-order valence-electron chi connectivity index (χ4n) is 4.47. The van der Waals surface area contributed by atoms with Gasteiger partial charge in [0.15, 0.2) is 0 Å². The van der Waals surface area contributed by atoms with E-state index in [1.54, 1.807) is 50.2 Å². The van der Waals surface area contributed by atoms with Crippen LogP contribution in [0.5, 0.6) is 5.75 Å². The van der Waals surface area contributed by atoms with Gasteiger partial charge < -0.3 is 15.0 Å². The maximum absolute atomic E-state index is 13.7. The van der Waals surface area contributed by atoms with Crippen LogP contribution in [0.4, 0.5) is 10.1 Å². The summed E-state index contributed by atoms with van der Waals surface area (Å²) in [5.41, 5.74) is 0.855. The molecule has 0 spiro atoms. The SMILES string of the molecule is CCOc1ccccc1N(CC(=O)N(Cc1ccc(F)cc1)C(C)C(=O)NC1CCCCC1)S(C)(=O)=O. The molecule has 202 valence electrons. The molecule has 2 aromatic rings. The molecular formula is C27H36FN3O5S. The lowest BCUT2D eigenvalue weighted by Crippen LogP contribution is -2.53. The van der Waals surface area contributed by atoms with Gasteiger partial charge in [0.05, 0.1) is 18.6 Å². The monoisotopic (exact) mass is 533 g/mol. The summed E-state index contributed by atoms with van der Waals surface area (Å²) in [4.78, 5) is 28.2. The largest absolute Gasteiger partial charge is 0.492 e. The lowest BCUT2D eigenvalue weighted by molar-refractivity contribution is -0.139. The predicted octanol–water partition coefficient (Wildman–Crippen LogP) is 3.86. The van der Waals surface area contributed by atoms with Gasteiger partial charge in [0.1, 0.15) is 24.2 Å². The minimum Gasteiger partial charge on any atom is -0.492 e. The predicted molar refractivity (Wildman–Crippen MR) is 141 cm³/mol. The molecule has 0 saturated heterocycles. The molecule has 8 nitrogen and oxygen atoms in total. The van der Waals surface area contributed by atoms with Gasteiger partial charge in [0.25, 0.3) is 0 Å². The van der Waals surface area contributed by atoms with Gasteiger partial charge in [0.2, 0.25) is 21.8 Å². The number of carbonyl (C=O) groups excluding carboxylic acids is 2. The van der Waals surface area contributed by atoms with Crippen LogP contribution in [0.2, 0.25) is 0 Å². The summed E-state index contributed by atoms with van der Waals surface area (Å²) < 4.78 is 45.7. The minimum absolute atomic E-state index is 0.0169. The van der Waals surface area contributed by atoms with Gasteiger partial charge in [-0.25, -0.2) is 12.8 Å². The van der Waals surface area contributed by atoms with Crippen LogP contribution < -0.4 is 14.4 Å². The number of carbonyl (C=O) groups is 2. The number of hydrogen-bond acceptors (Lipinski definition) is 5. The molecule has 0 heterocycles. The number of hydrogen-bond donors (Lipinski definition) is 1. The van der Waals surface area contributed by atoms with Gasteiger partial charge in [-0.3, -0.25) is 13.9 Å². The summed E-state index contributed by atoms with van der Waals surface area (Å²) in [6.07, 6.45) is 6.02. The molecule has 1 N–H and O–H groups in total. The standard InChI is InChI=1S/C27H36FN3O5S/c1-4-36-25-13-9-8-12-24(25)31(37(3,34)35)19-26(32)30(18-21-14-16-22(28)17-15-21)20(2)27(33)29-23-10-6-5-7-11-23/h8-9,12-17,20,23H,4-7,10-11,18-19H2,1-3H3,(H,29,33). The molecule has 1 atom stereocenters. The molecule has 1 unspecified atom stereocenters. The van der Waals surface area contributed by atoms with Crippen LogP contribution in [0.3, 0.4) is 0 Å². The fraction of sp³-hybridized carbons (Fsp3) is 0.481. The Balaban J connectivity index is 1.89. The maximum Gasteiger partial charge on any atom is 0.244 e. The van der Waals surface area contributed by atoms with Crippen molar-refractivity contribution < 1.29 is 27.1 Å². The van der Waals surface area contributed by atoms with Crippen molar-refractivity contribution in [1.29, 1.82) is 0 Å². The number of nitrogens with zero attached hydrogens (tertiary/aromatic N) is 2. The zero-order valence-corrected chi connectivity index (χ0v) is 22.5. The van der Waals surface area contributed by atoms with Crippen LogP contribution in [0.15, 0.2) is 48.5 Å². The van der Waals surface area contributed by atoms with Crippen molar-refractivity contribution in [2.24, 2.45) is 0 Å². The summed E-state index contributed by atoms with van der Waals surface area (Å²) in [6, 6.07) is 11.4. The second kappa shape index (κ2) is 12.9. The van der Waals surface area contributed by atoms with E-state index in [4.69, 9.17) is 4.74 Å². The lowest BCUT2D eigenvalue weighted by Gasteiger charge is -2.33. The number of amides is 2. The molecule has 2 amide bonds. The quantitative estimate of drug-likeness (QED) is 0.473. The molecular weight excluding hydrogens is 497 g/mol. The Hall–Kier alpha value is -3.14. The van der Waals surface area contributed by atoms with Crippen LogP contribution >= 0.6 is 0 Å².